The summed E-state index contributed by atoms with van der Waals surface area (Å²) in [5.41, 5.74) is -0.266. The van der Waals surface area contributed by atoms with Crippen molar-refractivity contribution in [3.63, 3.8) is 0 Å². The first-order chi connectivity index (χ1) is 18.7. The van der Waals surface area contributed by atoms with Gasteiger partial charge in [-0.3, -0.25) is 4.79 Å². The van der Waals surface area contributed by atoms with Gasteiger partial charge >= 0.3 is 12.3 Å². The van der Waals surface area contributed by atoms with Crippen molar-refractivity contribution in [1.82, 2.24) is 9.80 Å². The van der Waals surface area contributed by atoms with Gasteiger partial charge in [0.25, 0.3) is 5.91 Å². The maximum atomic E-state index is 13.2. The number of halogens is 3. The molecule has 0 radical (unpaired) electrons. The molecule has 2 aromatic rings. The highest BCUT2D eigenvalue weighted by Crippen LogP contribution is 2.37. The first-order valence-corrected chi connectivity index (χ1v) is 13.7. The number of hydrogen-bond acceptors (Lipinski definition) is 5. The zero-order valence-electron chi connectivity index (χ0n) is 23.1. The summed E-state index contributed by atoms with van der Waals surface area (Å²) in [6.07, 6.45) is -3.97. The molecule has 2 aromatic carbocycles. The summed E-state index contributed by atoms with van der Waals surface area (Å²) in [6.45, 7) is 8.83. The van der Waals surface area contributed by atoms with Gasteiger partial charge in [-0.05, 0) is 75.6 Å². The SMILES string of the molecule is CC(C)(C)OC(=O)N1CCC(O)(c2ccc(C(=O)N3CC4CN(c5ccc(C(F)(F)F)cc5)CC4C3)cc2)CC1. The third-order valence-electron chi connectivity index (χ3n) is 8.24. The Labute approximate surface area is 232 Å². The number of hydrogen-bond donors (Lipinski definition) is 1. The molecule has 10 heteroatoms. The molecule has 0 spiro atoms. The number of benzene rings is 2. The van der Waals surface area contributed by atoms with Crippen molar-refractivity contribution in [2.45, 2.75) is 51.0 Å². The number of likely N-dealkylation sites (tertiary alicyclic amines) is 2. The van der Waals surface area contributed by atoms with Crippen LogP contribution < -0.4 is 4.90 Å². The van der Waals surface area contributed by atoms with E-state index in [2.05, 4.69) is 4.90 Å². The molecule has 2 atom stereocenters. The summed E-state index contributed by atoms with van der Waals surface area (Å²) in [5.74, 6) is 0.469. The van der Waals surface area contributed by atoms with Crippen molar-refractivity contribution in [2.24, 2.45) is 11.8 Å². The van der Waals surface area contributed by atoms with Crippen LogP contribution in [0.3, 0.4) is 0 Å². The van der Waals surface area contributed by atoms with Gasteiger partial charge < -0.3 is 24.5 Å². The summed E-state index contributed by atoms with van der Waals surface area (Å²) in [7, 11) is 0. The fourth-order valence-corrected chi connectivity index (χ4v) is 6.01. The number of amides is 2. The maximum Gasteiger partial charge on any atom is 0.416 e. The zero-order valence-corrected chi connectivity index (χ0v) is 23.1. The molecule has 2 unspecified atom stereocenters. The van der Waals surface area contributed by atoms with E-state index in [-0.39, 0.29) is 23.8 Å². The smallest absolute Gasteiger partial charge is 0.416 e. The molecule has 3 aliphatic rings. The Kier molecular flexibility index (Phi) is 7.27. The van der Waals surface area contributed by atoms with Gasteiger partial charge in [-0.25, -0.2) is 4.79 Å². The molecule has 3 saturated heterocycles. The largest absolute Gasteiger partial charge is 0.444 e. The van der Waals surface area contributed by atoms with Crippen molar-refractivity contribution >= 4 is 17.7 Å². The van der Waals surface area contributed by atoms with Crippen LogP contribution in [-0.2, 0) is 16.5 Å². The van der Waals surface area contributed by atoms with Crippen molar-refractivity contribution < 1.29 is 32.6 Å². The van der Waals surface area contributed by atoms with Crippen molar-refractivity contribution in [1.29, 1.82) is 0 Å². The Hall–Kier alpha value is -3.27. The third-order valence-corrected chi connectivity index (χ3v) is 8.24. The summed E-state index contributed by atoms with van der Waals surface area (Å²) in [4.78, 5) is 31.2. The zero-order chi connectivity index (χ0) is 28.9. The van der Waals surface area contributed by atoms with Gasteiger partial charge in [-0.15, -0.1) is 0 Å². The van der Waals surface area contributed by atoms with Crippen molar-refractivity contribution in [3.05, 3.63) is 65.2 Å². The normalized spacial score (nSPS) is 22.8. The van der Waals surface area contributed by atoms with Crippen LogP contribution in [0.4, 0.5) is 23.7 Å². The van der Waals surface area contributed by atoms with Gasteiger partial charge in [0.2, 0.25) is 0 Å². The molecule has 0 bridgehead atoms. The lowest BCUT2D eigenvalue weighted by molar-refractivity contribution is -0.137. The fourth-order valence-electron chi connectivity index (χ4n) is 6.01. The molecule has 3 heterocycles. The standard InChI is InChI=1S/C30H36F3N3O4/c1-28(2,3)40-27(38)34-14-12-29(39,13-15-34)23-6-4-20(5-7-23)26(37)36-18-21-16-35(17-22(21)19-36)25-10-8-24(9-11-25)30(31,32)33/h4-11,21-22,39H,12-19H2,1-3H3. The molecule has 5 rings (SSSR count). The highest BCUT2D eigenvalue weighted by atomic mass is 19.4. The molecule has 2 amide bonds. The van der Waals surface area contributed by atoms with Gasteiger partial charge in [-0.1, -0.05) is 12.1 Å². The van der Waals surface area contributed by atoms with E-state index in [0.717, 1.165) is 23.4 Å². The van der Waals surface area contributed by atoms with Crippen LogP contribution in [0, 0.1) is 11.8 Å². The van der Waals surface area contributed by atoms with E-state index in [4.69, 9.17) is 4.74 Å². The van der Waals surface area contributed by atoms with E-state index < -0.39 is 22.9 Å². The maximum absolute atomic E-state index is 13.2. The van der Waals surface area contributed by atoms with Crippen molar-refractivity contribution in [3.8, 4) is 0 Å². The molecular formula is C30H36F3N3O4. The predicted octanol–water partition coefficient (Wildman–Crippen LogP) is 5.13. The predicted molar refractivity (Wildman–Crippen MR) is 144 cm³/mol. The summed E-state index contributed by atoms with van der Waals surface area (Å²) < 4.78 is 44.1. The molecule has 0 saturated carbocycles. The molecule has 1 N–H and O–H groups in total. The van der Waals surface area contributed by atoms with Crippen LogP contribution in [0.1, 0.15) is 55.1 Å². The average molecular weight is 560 g/mol. The fraction of sp³-hybridized carbons (Fsp3) is 0.533. The van der Waals surface area contributed by atoms with E-state index in [1.165, 1.54) is 12.1 Å². The van der Waals surface area contributed by atoms with Crippen LogP contribution in [0.2, 0.25) is 0 Å². The summed E-state index contributed by atoms with van der Waals surface area (Å²) in [6, 6.07) is 12.3. The quantitative estimate of drug-likeness (QED) is 0.565. The monoisotopic (exact) mass is 559 g/mol. The van der Waals surface area contributed by atoms with Gasteiger partial charge in [0.1, 0.15) is 5.60 Å². The Morgan fingerprint density at radius 3 is 1.90 bits per heavy atom. The number of anilines is 1. The van der Waals surface area contributed by atoms with Crippen LogP contribution in [-0.4, -0.2) is 71.8 Å². The minimum atomic E-state index is -4.35. The molecule has 40 heavy (non-hydrogen) atoms. The lowest BCUT2D eigenvalue weighted by atomic mass is 9.84. The highest BCUT2D eigenvalue weighted by molar-refractivity contribution is 5.94. The molecule has 3 fully saturated rings. The molecule has 216 valence electrons. The van der Waals surface area contributed by atoms with Gasteiger partial charge in [0.05, 0.1) is 11.2 Å². The molecule has 3 aliphatic heterocycles. The number of nitrogens with zero attached hydrogens (tertiary/aromatic N) is 3. The number of piperidine rings is 1. The van der Waals surface area contributed by atoms with Crippen LogP contribution >= 0.6 is 0 Å². The first kappa shape index (κ1) is 28.3. The lowest BCUT2D eigenvalue weighted by Crippen LogP contribution is -2.46. The highest BCUT2D eigenvalue weighted by Gasteiger charge is 2.42. The number of ether oxygens (including phenoxy) is 1. The second-order valence-electron chi connectivity index (χ2n) is 12.3. The van der Waals surface area contributed by atoms with Gasteiger partial charge in [-0.2, -0.15) is 13.2 Å². The van der Waals surface area contributed by atoms with Gasteiger partial charge in [0, 0.05) is 62.4 Å². The Morgan fingerprint density at radius 1 is 0.850 bits per heavy atom. The van der Waals surface area contributed by atoms with E-state index in [1.54, 1.807) is 29.2 Å². The van der Waals surface area contributed by atoms with Crippen molar-refractivity contribution in [2.75, 3.05) is 44.2 Å². The van der Waals surface area contributed by atoms with Crippen LogP contribution in [0.25, 0.3) is 0 Å². The Morgan fingerprint density at radius 2 is 1.40 bits per heavy atom. The van der Waals surface area contributed by atoms with Gasteiger partial charge in [0.15, 0.2) is 0 Å². The Balaban J connectivity index is 1.15. The third kappa shape index (κ3) is 5.92. The van der Waals surface area contributed by atoms with E-state index in [9.17, 15) is 27.9 Å². The number of carbonyl (C=O) groups is 2. The molecular weight excluding hydrogens is 523 g/mol. The van der Waals surface area contributed by atoms with Crippen LogP contribution in [0.5, 0.6) is 0 Å². The summed E-state index contributed by atoms with van der Waals surface area (Å²) in [5, 5.41) is 11.3. The van der Waals surface area contributed by atoms with E-state index in [1.807, 2.05) is 25.7 Å². The minimum Gasteiger partial charge on any atom is -0.444 e. The topological polar surface area (TPSA) is 73.3 Å². The molecule has 0 aromatic heterocycles. The first-order valence-electron chi connectivity index (χ1n) is 13.7. The number of fused-ring (bicyclic) bond motifs is 1. The van der Waals surface area contributed by atoms with Crippen LogP contribution in [0.15, 0.2) is 48.5 Å². The second kappa shape index (κ2) is 10.3. The number of aliphatic hydroxyl groups is 1. The minimum absolute atomic E-state index is 0.0613. The Bertz CT molecular complexity index is 1220. The summed E-state index contributed by atoms with van der Waals surface area (Å²) >= 11 is 0. The number of carbonyl (C=O) groups excluding carboxylic acids is 2. The van der Waals surface area contributed by atoms with E-state index >= 15 is 0 Å². The number of alkyl halides is 3. The lowest BCUT2D eigenvalue weighted by Gasteiger charge is -2.39. The average Bonchev–Trinajstić information content (AvgIpc) is 3.47. The second-order valence-corrected chi connectivity index (χ2v) is 12.3. The molecule has 7 nitrogen and oxygen atoms in total. The molecule has 0 aliphatic carbocycles. The van der Waals surface area contributed by atoms with E-state index in [0.29, 0.717) is 57.7 Å². The number of rotatable bonds is 3.